The topological polar surface area (TPSA) is 99.8 Å². The molecule has 3 rings (SSSR count). The van der Waals surface area contributed by atoms with Crippen LogP contribution in [0.1, 0.15) is 18.2 Å². The quantitative estimate of drug-likeness (QED) is 0.872. The molecule has 8 nitrogen and oxygen atoms in total. The molecule has 0 saturated carbocycles. The van der Waals surface area contributed by atoms with Gasteiger partial charge in [-0.15, -0.1) is 0 Å². The summed E-state index contributed by atoms with van der Waals surface area (Å²) in [6.07, 6.45) is -0.414. The van der Waals surface area contributed by atoms with Gasteiger partial charge < -0.3 is 19.9 Å². The minimum Gasteiger partial charge on any atom is -0.497 e. The zero-order valence-electron chi connectivity index (χ0n) is 14.7. The number of anilines is 1. The number of nitrogens with two attached hydrogens (primary N) is 1. The molecular formula is C17H19ClN4O4. The summed E-state index contributed by atoms with van der Waals surface area (Å²) in [5.41, 5.74) is 8.41. The van der Waals surface area contributed by atoms with Gasteiger partial charge in [-0.25, -0.2) is 14.8 Å². The lowest BCUT2D eigenvalue weighted by Gasteiger charge is -2.16. The second-order valence-corrected chi connectivity index (χ2v) is 6.00. The summed E-state index contributed by atoms with van der Waals surface area (Å²) < 4.78 is 15.8. The van der Waals surface area contributed by atoms with Crippen LogP contribution in [0.4, 0.5) is 10.7 Å². The molecule has 1 amide bonds. The number of halogens is 1. The average Bonchev–Trinajstić information content (AvgIpc) is 3.04. The van der Waals surface area contributed by atoms with Crippen molar-refractivity contribution < 1.29 is 19.0 Å². The molecule has 1 aromatic heterocycles. The monoisotopic (exact) mass is 378 g/mol. The minimum atomic E-state index is -0.414. The van der Waals surface area contributed by atoms with Gasteiger partial charge in [-0.3, -0.25) is 4.90 Å². The van der Waals surface area contributed by atoms with Crippen LogP contribution in [0.3, 0.4) is 0 Å². The molecule has 0 saturated heterocycles. The summed E-state index contributed by atoms with van der Waals surface area (Å²) in [6.45, 7) is 2.65. The summed E-state index contributed by atoms with van der Waals surface area (Å²) in [4.78, 5) is 22.2. The second-order valence-electron chi connectivity index (χ2n) is 5.60. The number of aromatic nitrogens is 2. The van der Waals surface area contributed by atoms with Gasteiger partial charge in [-0.2, -0.15) is 0 Å². The maximum absolute atomic E-state index is 12.1. The number of benzene rings is 1. The maximum atomic E-state index is 12.1. The molecule has 1 aromatic carbocycles. The van der Waals surface area contributed by atoms with Crippen molar-refractivity contribution in [1.82, 2.24) is 14.9 Å². The summed E-state index contributed by atoms with van der Waals surface area (Å²) in [5, 5.41) is 0.399. The number of hydrogen-bond acceptors (Lipinski definition) is 7. The standard InChI is InChI=1S/C17H19ClN4O4/c1-4-26-17(23)22-7-10-12(8-22)20-16(19)21-15(10)14-11(18)5-9(24-2)6-13(14)25-3/h5-6H,4,7-8H2,1-3H3,(H2,19,20,21). The first kappa shape index (κ1) is 18.1. The molecule has 0 fully saturated rings. The predicted octanol–water partition coefficient (Wildman–Crippen LogP) is 2.87. The molecule has 9 heteroatoms. The number of ether oxygens (including phenoxy) is 3. The molecule has 2 aromatic rings. The number of rotatable bonds is 4. The van der Waals surface area contributed by atoms with Crippen LogP contribution in [0.5, 0.6) is 11.5 Å². The van der Waals surface area contributed by atoms with E-state index in [4.69, 9.17) is 31.5 Å². The van der Waals surface area contributed by atoms with Crippen LogP contribution in [0, 0.1) is 0 Å². The Morgan fingerprint density at radius 2 is 2.04 bits per heavy atom. The Morgan fingerprint density at radius 3 is 2.69 bits per heavy atom. The third-order valence-electron chi connectivity index (χ3n) is 4.05. The molecule has 0 unspecified atom stereocenters. The SMILES string of the molecule is CCOC(=O)N1Cc2nc(N)nc(-c3c(Cl)cc(OC)cc3OC)c2C1. The number of hydrogen-bond donors (Lipinski definition) is 1. The number of methoxy groups -OCH3 is 2. The highest BCUT2D eigenvalue weighted by Crippen LogP contribution is 2.42. The van der Waals surface area contributed by atoms with E-state index in [-0.39, 0.29) is 5.95 Å². The van der Waals surface area contributed by atoms with E-state index in [0.29, 0.717) is 53.2 Å². The molecule has 1 aliphatic heterocycles. The van der Waals surface area contributed by atoms with E-state index in [2.05, 4.69) is 9.97 Å². The van der Waals surface area contributed by atoms with Crippen molar-refractivity contribution in [3.63, 3.8) is 0 Å². The van der Waals surface area contributed by atoms with Crippen LogP contribution >= 0.6 is 11.6 Å². The summed E-state index contributed by atoms with van der Waals surface area (Å²) in [6, 6.07) is 3.38. The first-order chi connectivity index (χ1) is 12.5. The minimum absolute atomic E-state index is 0.0957. The van der Waals surface area contributed by atoms with Gasteiger partial charge in [0.15, 0.2) is 0 Å². The molecule has 0 aliphatic carbocycles. The highest BCUT2D eigenvalue weighted by molar-refractivity contribution is 6.33. The molecule has 0 radical (unpaired) electrons. The fourth-order valence-electron chi connectivity index (χ4n) is 2.89. The van der Waals surface area contributed by atoms with Gasteiger partial charge in [0.1, 0.15) is 11.5 Å². The van der Waals surface area contributed by atoms with E-state index in [9.17, 15) is 4.79 Å². The third-order valence-corrected chi connectivity index (χ3v) is 4.34. The summed E-state index contributed by atoms with van der Waals surface area (Å²) in [5.74, 6) is 1.14. The van der Waals surface area contributed by atoms with Crippen LogP contribution < -0.4 is 15.2 Å². The van der Waals surface area contributed by atoms with Crippen molar-refractivity contribution >= 4 is 23.6 Å². The van der Waals surface area contributed by atoms with E-state index >= 15 is 0 Å². The van der Waals surface area contributed by atoms with Crippen LogP contribution in [0.15, 0.2) is 12.1 Å². The predicted molar refractivity (Wildman–Crippen MR) is 96.3 cm³/mol. The van der Waals surface area contributed by atoms with Crippen LogP contribution in [0.2, 0.25) is 5.02 Å². The number of amides is 1. The van der Waals surface area contributed by atoms with E-state index < -0.39 is 6.09 Å². The van der Waals surface area contributed by atoms with Gasteiger partial charge in [0.2, 0.25) is 5.95 Å². The highest BCUT2D eigenvalue weighted by Gasteiger charge is 2.31. The van der Waals surface area contributed by atoms with Gasteiger partial charge in [0.05, 0.1) is 55.9 Å². The smallest absolute Gasteiger partial charge is 0.410 e. The van der Waals surface area contributed by atoms with Gasteiger partial charge >= 0.3 is 6.09 Å². The lowest BCUT2D eigenvalue weighted by molar-refractivity contribution is 0.106. The Bertz CT molecular complexity index is 859. The fourth-order valence-corrected chi connectivity index (χ4v) is 3.18. The Kier molecular flexibility index (Phi) is 5.03. The largest absolute Gasteiger partial charge is 0.497 e. The van der Waals surface area contributed by atoms with Crippen molar-refractivity contribution in [1.29, 1.82) is 0 Å². The zero-order chi connectivity index (χ0) is 18.8. The lowest BCUT2D eigenvalue weighted by Crippen LogP contribution is -2.26. The van der Waals surface area contributed by atoms with Gasteiger partial charge in [0, 0.05) is 11.6 Å². The van der Waals surface area contributed by atoms with Crippen molar-refractivity contribution in [3.8, 4) is 22.8 Å². The number of carbonyl (C=O) groups excluding carboxylic acids is 1. The van der Waals surface area contributed by atoms with Gasteiger partial charge in [-0.1, -0.05) is 11.6 Å². The molecule has 2 heterocycles. The first-order valence-corrected chi connectivity index (χ1v) is 8.35. The zero-order valence-corrected chi connectivity index (χ0v) is 15.5. The van der Waals surface area contributed by atoms with Crippen molar-refractivity contribution in [3.05, 3.63) is 28.4 Å². The summed E-state index contributed by atoms with van der Waals surface area (Å²) >= 11 is 6.46. The highest BCUT2D eigenvalue weighted by atomic mass is 35.5. The Labute approximate surface area is 155 Å². The lowest BCUT2D eigenvalue weighted by atomic mass is 10.0. The van der Waals surface area contributed by atoms with Crippen molar-refractivity contribution in [2.75, 3.05) is 26.6 Å². The molecule has 1 aliphatic rings. The van der Waals surface area contributed by atoms with Crippen LogP contribution in [-0.4, -0.2) is 41.8 Å². The third kappa shape index (κ3) is 3.20. The Balaban J connectivity index is 2.11. The van der Waals surface area contributed by atoms with Gasteiger partial charge in [0.25, 0.3) is 0 Å². The number of nitrogens with zero attached hydrogens (tertiary/aromatic N) is 3. The normalized spacial score (nSPS) is 12.7. The number of fused-ring (bicyclic) bond motifs is 1. The van der Waals surface area contributed by atoms with Crippen molar-refractivity contribution in [2.45, 2.75) is 20.0 Å². The number of nitrogen functional groups attached to an aromatic ring is 1. The average molecular weight is 379 g/mol. The van der Waals surface area contributed by atoms with E-state index in [1.807, 2.05) is 0 Å². The molecular weight excluding hydrogens is 360 g/mol. The van der Waals surface area contributed by atoms with E-state index in [1.165, 1.54) is 12.0 Å². The van der Waals surface area contributed by atoms with Crippen LogP contribution in [-0.2, 0) is 17.8 Å². The first-order valence-electron chi connectivity index (χ1n) is 7.97. The molecule has 138 valence electrons. The second kappa shape index (κ2) is 7.25. The number of carbonyl (C=O) groups is 1. The Hall–Kier alpha value is -2.74. The molecule has 0 atom stereocenters. The van der Waals surface area contributed by atoms with Crippen LogP contribution in [0.25, 0.3) is 11.3 Å². The molecule has 2 N–H and O–H groups in total. The Morgan fingerprint density at radius 1 is 1.27 bits per heavy atom. The fraction of sp³-hybridized carbons (Fsp3) is 0.353. The summed E-state index contributed by atoms with van der Waals surface area (Å²) in [7, 11) is 3.08. The van der Waals surface area contributed by atoms with Gasteiger partial charge in [-0.05, 0) is 13.0 Å². The van der Waals surface area contributed by atoms with E-state index in [0.717, 1.165) is 5.56 Å². The molecule has 0 bridgehead atoms. The molecule has 0 spiro atoms. The maximum Gasteiger partial charge on any atom is 0.410 e. The molecule has 26 heavy (non-hydrogen) atoms. The van der Waals surface area contributed by atoms with Crippen molar-refractivity contribution in [2.24, 2.45) is 0 Å². The van der Waals surface area contributed by atoms with E-state index in [1.54, 1.807) is 26.2 Å².